The lowest BCUT2D eigenvalue weighted by molar-refractivity contribution is 0.0836. The van der Waals surface area contributed by atoms with Crippen molar-refractivity contribution in [3.8, 4) is 0 Å². The first-order valence-electron chi connectivity index (χ1n) is 7.05. The number of hydrogen-bond acceptors (Lipinski definition) is 2. The van der Waals surface area contributed by atoms with E-state index >= 15 is 0 Å². The molecule has 108 valence electrons. The van der Waals surface area contributed by atoms with Gasteiger partial charge < -0.3 is 9.30 Å². The molecule has 2 heterocycles. The summed E-state index contributed by atoms with van der Waals surface area (Å²) in [5, 5.41) is 0. The van der Waals surface area contributed by atoms with E-state index < -0.39 is 0 Å². The van der Waals surface area contributed by atoms with Gasteiger partial charge in [0.15, 0.2) is 5.82 Å². The van der Waals surface area contributed by atoms with Crippen LogP contribution in [0.1, 0.15) is 25.6 Å². The Kier molecular flexibility index (Phi) is 3.94. The molecule has 0 saturated carbocycles. The molecule has 0 bridgehead atoms. The molecule has 5 heteroatoms. The number of fused-ring (bicyclic) bond motifs is 1. The van der Waals surface area contributed by atoms with Crippen molar-refractivity contribution < 1.29 is 9.13 Å². The van der Waals surface area contributed by atoms with Crippen LogP contribution in [0.3, 0.4) is 0 Å². The molecular weight excluding hydrogens is 279 g/mol. The molecule has 1 aliphatic heterocycles. The average molecular weight is 297 g/mol. The van der Waals surface area contributed by atoms with Crippen molar-refractivity contribution in [2.24, 2.45) is 5.92 Å². The highest BCUT2D eigenvalue weighted by atomic mass is 35.5. The smallest absolute Gasteiger partial charge is 0.151 e. The van der Waals surface area contributed by atoms with Gasteiger partial charge >= 0.3 is 0 Å². The summed E-state index contributed by atoms with van der Waals surface area (Å²) in [6, 6.07) is 5.06. The molecule has 1 aliphatic rings. The number of ether oxygens (including phenoxy) is 1. The molecule has 3 rings (SSSR count). The molecule has 0 N–H and O–H groups in total. The summed E-state index contributed by atoms with van der Waals surface area (Å²) in [4.78, 5) is 4.34. The van der Waals surface area contributed by atoms with Gasteiger partial charge in [-0.2, -0.15) is 0 Å². The number of rotatable bonds is 4. The Labute approximate surface area is 122 Å². The Hall–Kier alpha value is -1.13. The molecule has 0 radical (unpaired) electrons. The van der Waals surface area contributed by atoms with Crippen molar-refractivity contribution in [1.29, 1.82) is 0 Å². The first kappa shape index (κ1) is 13.8. The molecule has 3 nitrogen and oxygen atoms in total. The summed E-state index contributed by atoms with van der Waals surface area (Å²) in [7, 11) is 0. The second-order valence-electron chi connectivity index (χ2n) is 5.25. The standard InChI is InChI=1S/C15H18ClFN2O/c1-2-13-10(6-7-20-13)9-19-12-5-3-4-11(17)15(12)18-14(19)8-16/h3-5,10,13H,2,6-9H2,1H3. The van der Waals surface area contributed by atoms with E-state index in [1.165, 1.54) is 6.07 Å². The zero-order chi connectivity index (χ0) is 14.1. The maximum Gasteiger partial charge on any atom is 0.151 e. The van der Waals surface area contributed by atoms with Gasteiger partial charge in [-0.1, -0.05) is 13.0 Å². The van der Waals surface area contributed by atoms with Crippen LogP contribution in [0.5, 0.6) is 0 Å². The molecular formula is C15H18ClFN2O. The van der Waals surface area contributed by atoms with E-state index in [4.69, 9.17) is 16.3 Å². The lowest BCUT2D eigenvalue weighted by Crippen LogP contribution is -2.21. The van der Waals surface area contributed by atoms with Gasteiger partial charge in [-0.05, 0) is 25.0 Å². The van der Waals surface area contributed by atoms with Crippen molar-refractivity contribution in [3.63, 3.8) is 0 Å². The van der Waals surface area contributed by atoms with Gasteiger partial charge in [0, 0.05) is 19.1 Å². The predicted octanol–water partition coefficient (Wildman–Crippen LogP) is 3.73. The zero-order valence-electron chi connectivity index (χ0n) is 11.5. The summed E-state index contributed by atoms with van der Waals surface area (Å²) in [5.41, 5.74) is 1.23. The Morgan fingerprint density at radius 2 is 2.35 bits per heavy atom. The summed E-state index contributed by atoms with van der Waals surface area (Å²) in [5.74, 6) is 1.18. The van der Waals surface area contributed by atoms with Crippen LogP contribution in [0, 0.1) is 11.7 Å². The number of halogens is 2. The average Bonchev–Trinajstić information content (AvgIpc) is 3.05. The van der Waals surface area contributed by atoms with Gasteiger partial charge in [0.2, 0.25) is 0 Å². The summed E-state index contributed by atoms with van der Waals surface area (Å²) in [6.07, 6.45) is 2.32. The summed E-state index contributed by atoms with van der Waals surface area (Å²) in [6.45, 7) is 3.73. The minimum atomic E-state index is -0.290. The van der Waals surface area contributed by atoms with Gasteiger partial charge in [0.25, 0.3) is 0 Å². The van der Waals surface area contributed by atoms with Crippen LogP contribution in [0.15, 0.2) is 18.2 Å². The first-order valence-corrected chi connectivity index (χ1v) is 7.59. The van der Waals surface area contributed by atoms with E-state index in [1.807, 2.05) is 10.6 Å². The fourth-order valence-electron chi connectivity index (χ4n) is 3.05. The number of nitrogens with zero attached hydrogens (tertiary/aromatic N) is 2. The number of para-hydroxylation sites is 1. The fourth-order valence-corrected chi connectivity index (χ4v) is 3.26. The van der Waals surface area contributed by atoms with Crippen LogP contribution < -0.4 is 0 Å². The molecule has 0 aliphatic carbocycles. The molecule has 2 atom stereocenters. The quantitative estimate of drug-likeness (QED) is 0.804. The van der Waals surface area contributed by atoms with E-state index in [1.54, 1.807) is 6.07 Å². The molecule has 0 amide bonds. The van der Waals surface area contributed by atoms with Gasteiger partial charge in [-0.3, -0.25) is 0 Å². The van der Waals surface area contributed by atoms with Crippen molar-refractivity contribution in [2.45, 2.75) is 38.3 Å². The summed E-state index contributed by atoms with van der Waals surface area (Å²) >= 11 is 5.97. The van der Waals surface area contributed by atoms with Crippen LogP contribution in [-0.2, 0) is 17.2 Å². The molecule has 2 aromatic rings. The molecule has 20 heavy (non-hydrogen) atoms. The van der Waals surface area contributed by atoms with Crippen molar-refractivity contribution in [1.82, 2.24) is 9.55 Å². The van der Waals surface area contributed by atoms with E-state index in [0.29, 0.717) is 17.3 Å². The van der Waals surface area contributed by atoms with Crippen LogP contribution >= 0.6 is 11.6 Å². The van der Waals surface area contributed by atoms with E-state index in [-0.39, 0.29) is 11.9 Å². The third kappa shape index (κ3) is 2.31. The maximum atomic E-state index is 13.8. The molecule has 1 aromatic carbocycles. The fraction of sp³-hybridized carbons (Fsp3) is 0.533. The van der Waals surface area contributed by atoms with E-state index in [2.05, 4.69) is 11.9 Å². The Balaban J connectivity index is 1.99. The first-order chi connectivity index (χ1) is 9.74. The SMILES string of the molecule is CCC1OCCC1Cn1c(CCl)nc2c(F)cccc21. The van der Waals surface area contributed by atoms with Crippen LogP contribution in [0.25, 0.3) is 11.0 Å². The zero-order valence-corrected chi connectivity index (χ0v) is 12.2. The van der Waals surface area contributed by atoms with Crippen molar-refractivity contribution in [2.75, 3.05) is 6.61 Å². The number of benzene rings is 1. The highest BCUT2D eigenvalue weighted by Gasteiger charge is 2.28. The second-order valence-corrected chi connectivity index (χ2v) is 5.51. The second kappa shape index (κ2) is 5.70. The predicted molar refractivity (Wildman–Crippen MR) is 77.4 cm³/mol. The highest BCUT2D eigenvalue weighted by Crippen LogP contribution is 2.28. The topological polar surface area (TPSA) is 27.1 Å². The maximum absolute atomic E-state index is 13.8. The lowest BCUT2D eigenvalue weighted by Gasteiger charge is -2.18. The van der Waals surface area contributed by atoms with Crippen LogP contribution in [-0.4, -0.2) is 22.3 Å². The van der Waals surface area contributed by atoms with Gasteiger partial charge in [0.1, 0.15) is 11.3 Å². The number of hydrogen-bond donors (Lipinski definition) is 0. The van der Waals surface area contributed by atoms with Crippen LogP contribution in [0.4, 0.5) is 4.39 Å². The van der Waals surface area contributed by atoms with E-state index in [9.17, 15) is 4.39 Å². The van der Waals surface area contributed by atoms with Gasteiger partial charge in [0.05, 0.1) is 17.5 Å². The number of aromatic nitrogens is 2. The molecule has 0 spiro atoms. The largest absolute Gasteiger partial charge is 0.378 e. The summed E-state index contributed by atoms with van der Waals surface area (Å²) < 4.78 is 21.6. The highest BCUT2D eigenvalue weighted by molar-refractivity contribution is 6.16. The van der Waals surface area contributed by atoms with Gasteiger partial charge in [-0.15, -0.1) is 11.6 Å². The number of imidazole rings is 1. The van der Waals surface area contributed by atoms with Gasteiger partial charge in [-0.25, -0.2) is 9.37 Å². The third-order valence-corrected chi connectivity index (χ3v) is 4.33. The third-order valence-electron chi connectivity index (χ3n) is 4.09. The Bertz CT molecular complexity index is 613. The van der Waals surface area contributed by atoms with Crippen molar-refractivity contribution >= 4 is 22.6 Å². The molecule has 1 fully saturated rings. The number of alkyl halides is 1. The van der Waals surface area contributed by atoms with E-state index in [0.717, 1.165) is 37.3 Å². The molecule has 1 aromatic heterocycles. The monoisotopic (exact) mass is 296 g/mol. The molecule has 1 saturated heterocycles. The van der Waals surface area contributed by atoms with Crippen LogP contribution in [0.2, 0.25) is 0 Å². The minimum absolute atomic E-state index is 0.282. The van der Waals surface area contributed by atoms with Crippen molar-refractivity contribution in [3.05, 3.63) is 29.8 Å². The molecule has 2 unspecified atom stereocenters. The minimum Gasteiger partial charge on any atom is -0.378 e. The Morgan fingerprint density at radius 1 is 1.50 bits per heavy atom. The Morgan fingerprint density at radius 3 is 3.10 bits per heavy atom. The normalized spacial score (nSPS) is 22.8. The lowest BCUT2D eigenvalue weighted by atomic mass is 9.99.